The first-order valence-corrected chi connectivity index (χ1v) is 15.0. The molecule has 238 valence electrons. The number of hydrogen-bond acceptors (Lipinski definition) is 6. The maximum atomic E-state index is 12.5. The van der Waals surface area contributed by atoms with Crippen LogP contribution in [0.25, 0.3) is 11.0 Å². The van der Waals surface area contributed by atoms with Crippen molar-refractivity contribution in [3.8, 4) is 0 Å². The molecule has 1 aliphatic rings. The molecule has 9 nitrogen and oxygen atoms in total. The Labute approximate surface area is 269 Å². The zero-order valence-corrected chi connectivity index (χ0v) is 27.1. The van der Waals surface area contributed by atoms with Crippen molar-refractivity contribution in [1.29, 1.82) is 5.41 Å². The summed E-state index contributed by atoms with van der Waals surface area (Å²) in [5.41, 5.74) is 0.349. The summed E-state index contributed by atoms with van der Waals surface area (Å²) in [7, 11) is 1.49. The third-order valence-corrected chi connectivity index (χ3v) is 7.07. The molecular weight excluding hydrogens is 592 g/mol. The second-order valence-electron chi connectivity index (χ2n) is 10.1. The van der Waals surface area contributed by atoms with Gasteiger partial charge >= 0.3 is 0 Å². The van der Waals surface area contributed by atoms with E-state index in [1.807, 2.05) is 81.4 Å². The Morgan fingerprint density at radius 3 is 2.09 bits per heavy atom. The summed E-state index contributed by atoms with van der Waals surface area (Å²) in [5.74, 6) is -1.58. The van der Waals surface area contributed by atoms with Gasteiger partial charge in [-0.25, -0.2) is 0 Å². The van der Waals surface area contributed by atoms with Gasteiger partial charge in [0.2, 0.25) is 11.8 Å². The van der Waals surface area contributed by atoms with Crippen LogP contribution in [-0.4, -0.2) is 55.0 Å². The van der Waals surface area contributed by atoms with Gasteiger partial charge in [-0.1, -0.05) is 91.7 Å². The fourth-order valence-corrected chi connectivity index (χ4v) is 4.39. The average Bonchev–Trinajstić information content (AvgIpc) is 3.08. The Morgan fingerprint density at radius 1 is 0.956 bits per heavy atom. The molecule has 45 heavy (non-hydrogen) atoms. The molecule has 10 heteroatoms. The van der Waals surface area contributed by atoms with Crippen LogP contribution < -0.4 is 16.1 Å². The molecule has 3 N–H and O–H groups in total. The minimum atomic E-state index is -1.10. The number of carbonyl (C=O) groups excluding carboxylic acids is 3. The number of amides is 3. The molecule has 0 bridgehead atoms. The Hall–Kier alpha value is -4.76. The summed E-state index contributed by atoms with van der Waals surface area (Å²) in [4.78, 5) is 50.6. The van der Waals surface area contributed by atoms with E-state index in [1.165, 1.54) is 17.5 Å². The van der Waals surface area contributed by atoms with Crippen molar-refractivity contribution in [2.24, 2.45) is 5.41 Å². The molecule has 3 aromatic carbocycles. The van der Waals surface area contributed by atoms with Crippen LogP contribution in [0, 0.1) is 17.7 Å². The van der Waals surface area contributed by atoms with Crippen molar-refractivity contribution in [2.75, 3.05) is 26.7 Å². The van der Waals surface area contributed by atoms with Crippen molar-refractivity contribution in [2.45, 2.75) is 34.1 Å². The normalized spacial score (nSPS) is 15.2. The number of piperidine rings is 1. The summed E-state index contributed by atoms with van der Waals surface area (Å²) in [5, 5.41) is 14.2. The summed E-state index contributed by atoms with van der Waals surface area (Å²) in [6, 6.07) is 27.4. The van der Waals surface area contributed by atoms with E-state index in [1.54, 1.807) is 31.2 Å². The lowest BCUT2D eigenvalue weighted by Crippen LogP contribution is -2.57. The van der Waals surface area contributed by atoms with Crippen molar-refractivity contribution >= 4 is 46.0 Å². The third kappa shape index (κ3) is 10.7. The van der Waals surface area contributed by atoms with Crippen LogP contribution in [0.3, 0.4) is 0 Å². The molecular formula is C35H41ClN4O5. The van der Waals surface area contributed by atoms with Gasteiger partial charge in [0, 0.05) is 43.4 Å². The topological polar surface area (TPSA) is 133 Å². The van der Waals surface area contributed by atoms with Gasteiger partial charge in [0.05, 0.1) is 11.9 Å². The highest BCUT2D eigenvalue weighted by Gasteiger charge is 2.43. The molecule has 1 saturated heterocycles. The lowest BCUT2D eigenvalue weighted by atomic mass is 9.79. The van der Waals surface area contributed by atoms with Gasteiger partial charge in [-0.2, -0.15) is 0 Å². The first-order valence-electron chi connectivity index (χ1n) is 14.7. The van der Waals surface area contributed by atoms with E-state index >= 15 is 0 Å². The molecule has 1 aliphatic heterocycles. The summed E-state index contributed by atoms with van der Waals surface area (Å²) < 4.78 is 5.46. The summed E-state index contributed by atoms with van der Waals surface area (Å²) in [6.45, 7) is 7.70. The predicted octanol–water partition coefficient (Wildman–Crippen LogP) is 5.89. The lowest BCUT2D eigenvalue weighted by molar-refractivity contribution is -0.135. The number of aryl methyl sites for hydroxylation is 1. The largest absolute Gasteiger partial charge is 0.451 e. The number of para-hydroxylation sites is 1. The number of nitrogens with zero attached hydrogens (tertiary/aromatic N) is 1. The fraction of sp³-hybridized carbons (Fsp3) is 0.286. The van der Waals surface area contributed by atoms with E-state index in [0.29, 0.717) is 11.9 Å². The number of fused-ring (bicyclic) bond motifs is 1. The van der Waals surface area contributed by atoms with E-state index in [0.717, 1.165) is 11.1 Å². The molecule has 3 amide bonds. The maximum absolute atomic E-state index is 12.5. The predicted molar refractivity (Wildman–Crippen MR) is 180 cm³/mol. The average molecular weight is 633 g/mol. The van der Waals surface area contributed by atoms with Gasteiger partial charge in [0.25, 0.3) is 5.91 Å². The van der Waals surface area contributed by atoms with Gasteiger partial charge in [-0.15, -0.1) is 0 Å². The van der Waals surface area contributed by atoms with Gasteiger partial charge in [0.1, 0.15) is 11.0 Å². The zero-order chi connectivity index (χ0) is 33.4. The molecule has 0 aliphatic carbocycles. The zero-order valence-electron chi connectivity index (χ0n) is 26.4. The molecule has 1 aromatic heterocycles. The monoisotopic (exact) mass is 632 g/mol. The van der Waals surface area contributed by atoms with Gasteiger partial charge < -0.3 is 25.4 Å². The highest BCUT2D eigenvalue weighted by molar-refractivity contribution is 6.30. The molecule has 0 saturated carbocycles. The third-order valence-electron chi connectivity index (χ3n) is 6.82. The van der Waals surface area contributed by atoms with Crippen molar-refractivity contribution in [3.05, 3.63) is 118 Å². The number of benzene rings is 3. The van der Waals surface area contributed by atoms with E-state index < -0.39 is 11.3 Å². The second-order valence-corrected chi connectivity index (χ2v) is 10.5. The number of carbonyl (C=O) groups is 3. The minimum Gasteiger partial charge on any atom is -0.451 e. The number of halogens is 1. The molecule has 2 heterocycles. The molecule has 1 unspecified atom stereocenters. The SMILES string of the molecule is CC.CNC(=O)C1(C)CN(C(=O)CNC(=O)c2cc(=O)c3ccccc3o2)CCC1=N.Cc1ccc(Cl)cc1.c1ccccc1. The Morgan fingerprint density at radius 2 is 1.53 bits per heavy atom. The number of rotatable bonds is 4. The Kier molecular flexibility index (Phi) is 14.7. The van der Waals surface area contributed by atoms with Crippen molar-refractivity contribution in [3.63, 3.8) is 0 Å². The second kappa shape index (κ2) is 18.1. The lowest BCUT2D eigenvalue weighted by Gasteiger charge is -2.39. The number of nitrogens with one attached hydrogen (secondary N) is 3. The van der Waals surface area contributed by atoms with Gasteiger partial charge in [-0.05, 0) is 38.1 Å². The molecule has 4 aromatic rings. The van der Waals surface area contributed by atoms with E-state index in [9.17, 15) is 19.2 Å². The van der Waals surface area contributed by atoms with Crippen LogP contribution >= 0.6 is 11.6 Å². The first kappa shape index (κ1) is 36.4. The van der Waals surface area contributed by atoms with Crippen molar-refractivity contribution in [1.82, 2.24) is 15.5 Å². The van der Waals surface area contributed by atoms with Crippen LogP contribution in [0.4, 0.5) is 0 Å². The highest BCUT2D eigenvalue weighted by atomic mass is 35.5. The Bertz CT molecular complexity index is 1570. The molecule has 0 spiro atoms. The fourth-order valence-electron chi connectivity index (χ4n) is 4.27. The standard InChI is InChI=1S/C20H22N4O5.C7H7Cl.C6H6.C2H6/c1-20(19(28)22-2)11-24(8-7-16(20)21)17(26)10-23-18(27)15-9-13(25)12-5-3-4-6-14(12)29-15;1-6-2-4-7(8)5-3-6;1-2-4-6-5-3-1;1-2/h3-6,9,21H,7-8,10-11H2,1-2H3,(H,22,28)(H,23,27);2-5H,1H3;1-6H;1-2H3. The van der Waals surface area contributed by atoms with Crippen LogP contribution in [-0.2, 0) is 9.59 Å². The first-order chi connectivity index (χ1) is 21.5. The molecule has 1 atom stereocenters. The van der Waals surface area contributed by atoms with Crippen LogP contribution in [0.2, 0.25) is 5.02 Å². The summed E-state index contributed by atoms with van der Waals surface area (Å²) in [6.07, 6.45) is 0.281. The summed E-state index contributed by atoms with van der Waals surface area (Å²) >= 11 is 5.61. The number of hydrogen-bond donors (Lipinski definition) is 3. The minimum absolute atomic E-state index is 0.0608. The van der Waals surface area contributed by atoms with Gasteiger partial charge in [0.15, 0.2) is 11.2 Å². The maximum Gasteiger partial charge on any atom is 0.287 e. The van der Waals surface area contributed by atoms with Crippen LogP contribution in [0.1, 0.15) is 43.3 Å². The smallest absolute Gasteiger partial charge is 0.287 e. The molecule has 1 fully saturated rings. The van der Waals surface area contributed by atoms with E-state index in [2.05, 4.69) is 10.6 Å². The highest BCUT2D eigenvalue weighted by Crippen LogP contribution is 2.26. The molecule has 0 radical (unpaired) electrons. The van der Waals surface area contributed by atoms with Crippen LogP contribution in [0.15, 0.2) is 100 Å². The molecule has 5 rings (SSSR count). The van der Waals surface area contributed by atoms with E-state index in [-0.39, 0.29) is 53.8 Å². The quantitative estimate of drug-likeness (QED) is 0.258. The van der Waals surface area contributed by atoms with E-state index in [4.69, 9.17) is 21.4 Å². The van der Waals surface area contributed by atoms with Crippen molar-refractivity contribution < 1.29 is 18.8 Å². The van der Waals surface area contributed by atoms with Gasteiger partial charge in [-0.3, -0.25) is 19.2 Å². The number of likely N-dealkylation sites (tertiary alicyclic amines) is 1. The van der Waals surface area contributed by atoms with Crippen LogP contribution in [0.5, 0.6) is 0 Å². The Balaban J connectivity index is 0.000000357.